The first-order chi connectivity index (χ1) is 14.2. The fourth-order valence-corrected chi connectivity index (χ4v) is 3.50. The van der Waals surface area contributed by atoms with E-state index in [4.69, 9.17) is 5.73 Å². The molecule has 0 amide bonds. The minimum absolute atomic E-state index is 0.314. The molecule has 0 atom stereocenters. The monoisotopic (exact) mass is 387 g/mol. The first-order valence-electron chi connectivity index (χ1n) is 9.78. The highest BCUT2D eigenvalue weighted by Crippen LogP contribution is 2.19. The number of para-hydroxylation sites is 2. The SMILES string of the molecule is Cn1nc(C=NNC(N)=NCCCCc2c[nH]c3ccccc23)c2ccccc21. The van der Waals surface area contributed by atoms with E-state index in [-0.39, 0.29) is 0 Å². The van der Waals surface area contributed by atoms with Crippen molar-refractivity contribution in [1.29, 1.82) is 0 Å². The van der Waals surface area contributed by atoms with Crippen molar-refractivity contribution in [3.63, 3.8) is 0 Å². The quantitative estimate of drug-likeness (QED) is 0.196. The number of guanidine groups is 1. The van der Waals surface area contributed by atoms with Crippen LogP contribution in [0, 0.1) is 0 Å². The summed E-state index contributed by atoms with van der Waals surface area (Å²) >= 11 is 0. The molecule has 0 bridgehead atoms. The third-order valence-electron chi connectivity index (χ3n) is 4.96. The van der Waals surface area contributed by atoms with E-state index in [0.29, 0.717) is 12.5 Å². The number of fused-ring (bicyclic) bond motifs is 2. The number of nitrogens with zero attached hydrogens (tertiary/aromatic N) is 4. The van der Waals surface area contributed by atoms with Gasteiger partial charge < -0.3 is 10.7 Å². The Bertz CT molecular complexity index is 1170. The lowest BCUT2D eigenvalue weighted by Gasteiger charge is -2.01. The van der Waals surface area contributed by atoms with E-state index in [1.54, 1.807) is 6.21 Å². The van der Waals surface area contributed by atoms with Crippen LogP contribution in [0.15, 0.2) is 64.8 Å². The summed E-state index contributed by atoms with van der Waals surface area (Å²) in [7, 11) is 1.92. The van der Waals surface area contributed by atoms with Gasteiger partial charge in [-0.05, 0) is 37.0 Å². The zero-order chi connectivity index (χ0) is 20.1. The van der Waals surface area contributed by atoms with Crippen molar-refractivity contribution in [3.8, 4) is 0 Å². The third-order valence-corrected chi connectivity index (χ3v) is 4.96. The van der Waals surface area contributed by atoms with Crippen molar-refractivity contribution in [1.82, 2.24) is 20.2 Å². The van der Waals surface area contributed by atoms with Crippen molar-refractivity contribution in [2.24, 2.45) is 22.9 Å². The number of aryl methyl sites for hydroxylation is 2. The topological polar surface area (TPSA) is 96.4 Å². The number of nitrogens with one attached hydrogen (secondary N) is 2. The zero-order valence-electron chi connectivity index (χ0n) is 16.5. The molecule has 0 radical (unpaired) electrons. The molecule has 4 aromatic rings. The average Bonchev–Trinajstić information content (AvgIpc) is 3.29. The van der Waals surface area contributed by atoms with Crippen LogP contribution in [0.5, 0.6) is 0 Å². The first kappa shape index (κ1) is 18.7. The molecule has 7 heteroatoms. The molecule has 0 saturated heterocycles. The number of rotatable bonds is 7. The zero-order valence-corrected chi connectivity index (χ0v) is 16.5. The molecule has 4 rings (SSSR count). The summed E-state index contributed by atoms with van der Waals surface area (Å²) < 4.78 is 1.84. The van der Waals surface area contributed by atoms with Crippen LogP contribution >= 0.6 is 0 Å². The van der Waals surface area contributed by atoms with Crippen LogP contribution < -0.4 is 11.2 Å². The second-order valence-electron chi connectivity index (χ2n) is 6.98. The Hall–Kier alpha value is -3.61. The lowest BCUT2D eigenvalue weighted by molar-refractivity contribution is 0.744. The van der Waals surface area contributed by atoms with Gasteiger partial charge in [0.15, 0.2) is 0 Å². The summed E-state index contributed by atoms with van der Waals surface area (Å²) in [5.41, 5.74) is 13.1. The number of hydrogen-bond donors (Lipinski definition) is 3. The van der Waals surface area contributed by atoms with Crippen molar-refractivity contribution >= 4 is 34.0 Å². The summed E-state index contributed by atoms with van der Waals surface area (Å²) in [6.07, 6.45) is 6.82. The van der Waals surface area contributed by atoms with Crippen molar-refractivity contribution in [2.75, 3.05) is 6.54 Å². The highest BCUT2D eigenvalue weighted by molar-refractivity contribution is 5.97. The van der Waals surface area contributed by atoms with Gasteiger partial charge in [0.25, 0.3) is 0 Å². The van der Waals surface area contributed by atoms with E-state index in [1.807, 2.05) is 42.1 Å². The molecule has 4 N–H and O–H groups in total. The van der Waals surface area contributed by atoms with Crippen LogP contribution in [-0.4, -0.2) is 33.5 Å². The van der Waals surface area contributed by atoms with Crippen LogP contribution in [0.4, 0.5) is 0 Å². The Balaban J connectivity index is 1.24. The molecular formula is C22H25N7. The summed E-state index contributed by atoms with van der Waals surface area (Å²) in [5.74, 6) is 0.314. The second kappa shape index (κ2) is 8.60. The fraction of sp³-hybridized carbons (Fsp3) is 0.227. The smallest absolute Gasteiger partial charge is 0.209 e. The molecule has 0 aliphatic carbocycles. The van der Waals surface area contributed by atoms with E-state index in [9.17, 15) is 0 Å². The molecule has 7 nitrogen and oxygen atoms in total. The summed E-state index contributed by atoms with van der Waals surface area (Å²) in [4.78, 5) is 7.66. The molecule has 2 aromatic heterocycles. The molecule has 0 saturated carbocycles. The van der Waals surface area contributed by atoms with Gasteiger partial charge in [0, 0.05) is 36.1 Å². The minimum atomic E-state index is 0.314. The molecule has 2 aromatic carbocycles. The van der Waals surface area contributed by atoms with E-state index >= 15 is 0 Å². The van der Waals surface area contributed by atoms with Crippen LogP contribution in [0.1, 0.15) is 24.1 Å². The Morgan fingerprint density at radius 1 is 1.14 bits per heavy atom. The number of hydrazone groups is 1. The second-order valence-corrected chi connectivity index (χ2v) is 6.98. The predicted octanol–water partition coefficient (Wildman–Crippen LogP) is 3.32. The molecule has 0 unspecified atom stereocenters. The molecule has 148 valence electrons. The number of aromatic nitrogens is 3. The minimum Gasteiger partial charge on any atom is -0.369 e. The van der Waals surface area contributed by atoms with Gasteiger partial charge >= 0.3 is 0 Å². The van der Waals surface area contributed by atoms with E-state index in [2.05, 4.69) is 50.0 Å². The largest absolute Gasteiger partial charge is 0.369 e. The molecular weight excluding hydrogens is 362 g/mol. The summed E-state index contributed by atoms with van der Waals surface area (Å²) in [5, 5.41) is 11.0. The number of aliphatic imine (C=N–C) groups is 1. The van der Waals surface area contributed by atoms with Crippen LogP contribution in [0.2, 0.25) is 0 Å². The van der Waals surface area contributed by atoms with Gasteiger partial charge in [-0.2, -0.15) is 10.2 Å². The van der Waals surface area contributed by atoms with Crippen molar-refractivity contribution < 1.29 is 0 Å². The lowest BCUT2D eigenvalue weighted by Crippen LogP contribution is -2.27. The molecule has 0 aliphatic rings. The predicted molar refractivity (Wildman–Crippen MR) is 119 cm³/mol. The van der Waals surface area contributed by atoms with Crippen LogP contribution in [0.3, 0.4) is 0 Å². The highest BCUT2D eigenvalue weighted by Gasteiger charge is 2.05. The standard InChI is InChI=1S/C22H25N7/c1-29-21-12-5-3-10-18(21)20(28-29)15-26-27-22(23)24-13-7-6-8-16-14-25-19-11-4-2-9-17(16)19/h2-5,9-12,14-15,25H,6-8,13H2,1H3,(H3,23,24,27). The highest BCUT2D eigenvalue weighted by atomic mass is 15.4. The maximum Gasteiger partial charge on any atom is 0.209 e. The summed E-state index contributed by atoms with van der Waals surface area (Å²) in [6, 6.07) is 16.4. The Labute approximate surface area is 169 Å². The Morgan fingerprint density at radius 2 is 1.93 bits per heavy atom. The van der Waals surface area contributed by atoms with Gasteiger partial charge in [0.05, 0.1) is 11.7 Å². The molecule has 29 heavy (non-hydrogen) atoms. The summed E-state index contributed by atoms with van der Waals surface area (Å²) in [6.45, 7) is 0.670. The Morgan fingerprint density at radius 3 is 2.83 bits per heavy atom. The molecule has 0 spiro atoms. The van der Waals surface area contributed by atoms with E-state index in [1.165, 1.54) is 16.5 Å². The van der Waals surface area contributed by atoms with Crippen molar-refractivity contribution in [3.05, 3.63) is 66.0 Å². The number of H-pyrrole nitrogens is 1. The molecule has 0 aliphatic heterocycles. The fourth-order valence-electron chi connectivity index (χ4n) is 3.50. The number of nitrogens with two attached hydrogens (primary N) is 1. The number of unbranched alkanes of at least 4 members (excludes halogenated alkanes) is 1. The van der Waals surface area contributed by atoms with E-state index in [0.717, 1.165) is 35.9 Å². The normalized spacial score (nSPS) is 12.4. The number of hydrogen-bond acceptors (Lipinski definition) is 3. The third kappa shape index (κ3) is 4.29. The lowest BCUT2D eigenvalue weighted by atomic mass is 10.1. The first-order valence-corrected chi connectivity index (χ1v) is 9.78. The van der Waals surface area contributed by atoms with E-state index < -0.39 is 0 Å². The molecule has 0 fully saturated rings. The van der Waals surface area contributed by atoms with Gasteiger partial charge in [0.2, 0.25) is 5.96 Å². The van der Waals surface area contributed by atoms with Gasteiger partial charge in [-0.3, -0.25) is 9.67 Å². The van der Waals surface area contributed by atoms with Gasteiger partial charge in [-0.1, -0.05) is 36.4 Å². The maximum absolute atomic E-state index is 5.90. The van der Waals surface area contributed by atoms with Crippen molar-refractivity contribution in [2.45, 2.75) is 19.3 Å². The number of aromatic amines is 1. The van der Waals surface area contributed by atoms with Crippen LogP contribution in [-0.2, 0) is 13.5 Å². The molecule has 2 heterocycles. The Kier molecular flexibility index (Phi) is 5.56. The van der Waals surface area contributed by atoms with Gasteiger partial charge in [-0.25, -0.2) is 5.43 Å². The number of benzene rings is 2. The maximum atomic E-state index is 5.90. The van der Waals surface area contributed by atoms with Gasteiger partial charge in [0.1, 0.15) is 5.69 Å². The van der Waals surface area contributed by atoms with Gasteiger partial charge in [-0.15, -0.1) is 0 Å². The van der Waals surface area contributed by atoms with Crippen LogP contribution in [0.25, 0.3) is 21.8 Å². The average molecular weight is 387 g/mol.